The molecule has 0 bridgehead atoms. The summed E-state index contributed by atoms with van der Waals surface area (Å²) in [7, 11) is 0. The zero-order valence-electron chi connectivity index (χ0n) is 16.7. The minimum Gasteiger partial charge on any atom is -0.334 e. The lowest BCUT2D eigenvalue weighted by molar-refractivity contribution is -0.794. The van der Waals surface area contributed by atoms with Crippen LogP contribution < -0.4 is 20.5 Å². The van der Waals surface area contributed by atoms with E-state index in [1.165, 1.54) is 23.1 Å². The highest BCUT2D eigenvalue weighted by Gasteiger charge is 2.27. The van der Waals surface area contributed by atoms with E-state index in [-0.39, 0.29) is 11.0 Å². The molecule has 1 aliphatic rings. The molecule has 3 aromatic rings. The first-order valence-electron chi connectivity index (χ1n) is 9.09. The summed E-state index contributed by atoms with van der Waals surface area (Å²) in [5, 5.41) is 8.19. The van der Waals surface area contributed by atoms with Crippen LogP contribution in [0.4, 0.5) is 0 Å². The molecule has 0 saturated heterocycles. The summed E-state index contributed by atoms with van der Waals surface area (Å²) in [6, 6.07) is 12.7. The Morgan fingerprint density at radius 1 is 1.00 bits per heavy atom. The Kier molecular flexibility index (Phi) is 5.79. The lowest BCUT2D eigenvalue weighted by Crippen LogP contribution is -2.52. The van der Waals surface area contributed by atoms with E-state index in [1.54, 1.807) is 6.26 Å². The Balaban J connectivity index is 0.000000161. The van der Waals surface area contributed by atoms with Crippen molar-refractivity contribution in [3.05, 3.63) is 64.8 Å². The molecule has 4 heterocycles. The van der Waals surface area contributed by atoms with Crippen LogP contribution in [-0.4, -0.2) is 21.1 Å². The first-order valence-corrected chi connectivity index (χ1v) is 10.3. The quantitative estimate of drug-likeness (QED) is 0.380. The largest absolute Gasteiger partial charge is 0.334 e. The molecule has 0 fully saturated rings. The van der Waals surface area contributed by atoms with Crippen molar-refractivity contribution >= 4 is 11.8 Å². The summed E-state index contributed by atoms with van der Waals surface area (Å²) in [6.45, 7) is 7.83. The monoisotopic (exact) mass is 398 g/mol. The standard InChI is InChI=1S/C12H12N2.C8H14N4OS/c1-3-7-13-9-10-14-8-4-2-6-12(14)11(13)5-1;1-8(2,3)5-6(13)12(9)7(14-4)11-10-5/h1-8H,9-10H2;9H2,1-4H3/q+2;. The molecule has 0 aromatic carbocycles. The van der Waals surface area contributed by atoms with Crippen LogP contribution in [0.25, 0.3) is 11.4 Å². The van der Waals surface area contributed by atoms with Gasteiger partial charge >= 0.3 is 0 Å². The van der Waals surface area contributed by atoms with E-state index in [9.17, 15) is 4.79 Å². The molecule has 4 rings (SSSR count). The van der Waals surface area contributed by atoms with Crippen LogP contribution in [0, 0.1) is 0 Å². The molecule has 3 aromatic heterocycles. The number of nitrogens with two attached hydrogens (primary N) is 1. The number of rotatable bonds is 1. The number of hydrogen-bond donors (Lipinski definition) is 1. The van der Waals surface area contributed by atoms with Crippen molar-refractivity contribution in [2.24, 2.45) is 0 Å². The van der Waals surface area contributed by atoms with Gasteiger partial charge in [-0.05, 0) is 18.4 Å². The van der Waals surface area contributed by atoms with Gasteiger partial charge in [0.05, 0.1) is 0 Å². The van der Waals surface area contributed by atoms with Crippen molar-refractivity contribution in [2.75, 3.05) is 12.1 Å². The van der Waals surface area contributed by atoms with Gasteiger partial charge in [-0.25, -0.2) is 0 Å². The SMILES string of the molecule is CSc1nnc(C(C)(C)C)c(=O)n1N.c1cc[n+]2c(c1)-c1cccc[n+]1CC2. The van der Waals surface area contributed by atoms with Crippen LogP contribution in [0.3, 0.4) is 0 Å². The Hall–Kier alpha value is -2.74. The maximum atomic E-state index is 11.7. The van der Waals surface area contributed by atoms with E-state index < -0.39 is 0 Å². The van der Waals surface area contributed by atoms with Crippen LogP contribution in [0.1, 0.15) is 26.5 Å². The highest BCUT2D eigenvalue weighted by atomic mass is 32.2. The third kappa shape index (κ3) is 4.06. The highest BCUT2D eigenvalue weighted by molar-refractivity contribution is 7.98. The van der Waals surface area contributed by atoms with Crippen LogP contribution in [-0.2, 0) is 18.5 Å². The molecule has 0 aliphatic carbocycles. The van der Waals surface area contributed by atoms with Gasteiger partial charge in [-0.1, -0.05) is 32.5 Å². The van der Waals surface area contributed by atoms with Gasteiger partial charge in [0.1, 0.15) is 5.69 Å². The molecule has 0 atom stereocenters. The Bertz CT molecular complexity index is 996. The molecular formula is C20H26N6OS+2. The third-order valence-electron chi connectivity index (χ3n) is 4.48. The molecule has 146 valence electrons. The van der Waals surface area contributed by atoms with Gasteiger partial charge in [0, 0.05) is 29.7 Å². The first kappa shape index (κ1) is 20.0. The first-order chi connectivity index (χ1) is 13.3. The second-order valence-electron chi connectivity index (χ2n) is 7.52. The van der Waals surface area contributed by atoms with E-state index in [1.807, 2.05) is 20.8 Å². The van der Waals surface area contributed by atoms with E-state index in [4.69, 9.17) is 5.84 Å². The van der Waals surface area contributed by atoms with Crippen molar-refractivity contribution in [3.8, 4) is 11.4 Å². The third-order valence-corrected chi connectivity index (χ3v) is 5.13. The van der Waals surface area contributed by atoms with Gasteiger partial charge in [-0.3, -0.25) is 4.79 Å². The second-order valence-corrected chi connectivity index (χ2v) is 8.29. The molecule has 28 heavy (non-hydrogen) atoms. The highest BCUT2D eigenvalue weighted by Crippen LogP contribution is 2.16. The normalized spacial score (nSPS) is 12.4. The lowest BCUT2D eigenvalue weighted by Gasteiger charge is -2.16. The number of thioether (sulfide) groups is 1. The molecule has 7 nitrogen and oxygen atoms in total. The van der Waals surface area contributed by atoms with Crippen molar-refractivity contribution in [2.45, 2.75) is 44.4 Å². The number of aromatic nitrogens is 5. The average Bonchev–Trinajstić information content (AvgIpc) is 2.69. The van der Waals surface area contributed by atoms with Crippen LogP contribution in [0.2, 0.25) is 0 Å². The number of nitrogen functional groups attached to an aromatic ring is 1. The van der Waals surface area contributed by atoms with E-state index >= 15 is 0 Å². The van der Waals surface area contributed by atoms with Crippen LogP contribution in [0.15, 0.2) is 58.7 Å². The zero-order valence-corrected chi connectivity index (χ0v) is 17.5. The minimum absolute atomic E-state index is 0.281. The Morgan fingerprint density at radius 2 is 1.54 bits per heavy atom. The van der Waals surface area contributed by atoms with Gasteiger partial charge < -0.3 is 5.84 Å². The number of hydrogen-bond acceptors (Lipinski definition) is 5. The minimum atomic E-state index is -0.331. The fourth-order valence-electron chi connectivity index (χ4n) is 3.02. The predicted octanol–water partition coefficient (Wildman–Crippen LogP) is 1.31. The molecule has 0 unspecified atom stereocenters. The number of aryl methyl sites for hydroxylation is 2. The second kappa shape index (κ2) is 8.10. The zero-order chi connectivity index (χ0) is 20.3. The summed E-state index contributed by atoms with van der Waals surface area (Å²) in [6.07, 6.45) is 6.08. The lowest BCUT2D eigenvalue weighted by atomic mass is 9.93. The van der Waals surface area contributed by atoms with Gasteiger partial charge in [0.25, 0.3) is 16.9 Å². The number of pyridine rings is 2. The van der Waals surface area contributed by atoms with E-state index in [2.05, 4.69) is 68.1 Å². The fraction of sp³-hybridized carbons (Fsp3) is 0.350. The molecule has 2 N–H and O–H groups in total. The van der Waals surface area contributed by atoms with Crippen molar-refractivity contribution in [1.29, 1.82) is 0 Å². The molecule has 0 spiro atoms. The van der Waals surface area contributed by atoms with Gasteiger partial charge in [0.2, 0.25) is 18.2 Å². The summed E-state index contributed by atoms with van der Waals surface area (Å²) in [4.78, 5) is 11.7. The molecule has 8 heteroatoms. The summed E-state index contributed by atoms with van der Waals surface area (Å²) >= 11 is 1.29. The molecular weight excluding hydrogens is 372 g/mol. The number of fused-ring (bicyclic) bond motifs is 3. The summed E-state index contributed by atoms with van der Waals surface area (Å²) in [5.74, 6) is 5.57. The molecule has 0 saturated carbocycles. The van der Waals surface area contributed by atoms with E-state index in [0.29, 0.717) is 10.9 Å². The van der Waals surface area contributed by atoms with E-state index in [0.717, 1.165) is 17.8 Å². The molecule has 0 radical (unpaired) electrons. The molecule has 1 aliphatic heterocycles. The Morgan fingerprint density at radius 3 is 2.00 bits per heavy atom. The van der Waals surface area contributed by atoms with Crippen molar-refractivity contribution in [3.63, 3.8) is 0 Å². The van der Waals surface area contributed by atoms with Crippen LogP contribution >= 0.6 is 11.8 Å². The maximum absolute atomic E-state index is 11.7. The van der Waals surface area contributed by atoms with Gasteiger partial charge in [-0.15, -0.1) is 10.2 Å². The smallest absolute Gasteiger partial charge is 0.295 e. The molecule has 0 amide bonds. The summed E-state index contributed by atoms with van der Waals surface area (Å²) in [5.41, 5.74) is 2.38. The van der Waals surface area contributed by atoms with Crippen molar-refractivity contribution in [1.82, 2.24) is 14.9 Å². The van der Waals surface area contributed by atoms with Gasteiger partial charge in [-0.2, -0.15) is 13.8 Å². The van der Waals surface area contributed by atoms with Crippen molar-refractivity contribution < 1.29 is 9.13 Å². The fourth-order valence-corrected chi connectivity index (χ4v) is 3.42. The summed E-state index contributed by atoms with van der Waals surface area (Å²) < 4.78 is 5.64. The van der Waals surface area contributed by atoms with Crippen LogP contribution in [0.5, 0.6) is 0 Å². The average molecular weight is 399 g/mol. The maximum Gasteiger partial charge on any atom is 0.295 e. The van der Waals surface area contributed by atoms with Gasteiger partial charge in [0.15, 0.2) is 12.4 Å². The topological polar surface area (TPSA) is 81.6 Å². The Labute approximate surface area is 168 Å². The predicted molar refractivity (Wildman–Crippen MR) is 109 cm³/mol. The number of nitrogens with zero attached hydrogens (tertiary/aromatic N) is 5.